The van der Waals surface area contributed by atoms with Gasteiger partial charge < -0.3 is 10.1 Å². The number of carbonyl (C=O) groups is 1. The van der Waals surface area contributed by atoms with Crippen molar-refractivity contribution < 1.29 is 9.53 Å². The van der Waals surface area contributed by atoms with Gasteiger partial charge >= 0.3 is 0 Å². The average Bonchev–Trinajstić information content (AvgIpc) is 2.15. The topological polar surface area (TPSA) is 38.3 Å². The third-order valence-corrected chi connectivity index (χ3v) is 3.08. The fourth-order valence-electron chi connectivity index (χ4n) is 1.46. The summed E-state index contributed by atoms with van der Waals surface area (Å²) in [7, 11) is 0. The van der Waals surface area contributed by atoms with Gasteiger partial charge in [-0.25, -0.2) is 0 Å². The number of rotatable bonds is 7. The van der Waals surface area contributed by atoms with Crippen LogP contribution >= 0.6 is 0 Å². The van der Waals surface area contributed by atoms with Gasteiger partial charge in [0.1, 0.15) is 0 Å². The van der Waals surface area contributed by atoms with Gasteiger partial charge in [0.05, 0.1) is 5.60 Å². The van der Waals surface area contributed by atoms with E-state index in [9.17, 15) is 4.79 Å². The third kappa shape index (κ3) is 9.16. The van der Waals surface area contributed by atoms with E-state index in [0.717, 1.165) is 25.9 Å². The van der Waals surface area contributed by atoms with Gasteiger partial charge in [0.2, 0.25) is 5.91 Å². The Morgan fingerprint density at radius 1 is 1.18 bits per heavy atom. The molecule has 0 aromatic carbocycles. The smallest absolute Gasteiger partial charge is 0.216 e. The largest absolute Gasteiger partial charge is 0.375 e. The molecule has 1 atom stereocenters. The van der Waals surface area contributed by atoms with Gasteiger partial charge in [-0.15, -0.1) is 0 Å². The van der Waals surface area contributed by atoms with Crippen LogP contribution in [0.2, 0.25) is 0 Å². The van der Waals surface area contributed by atoms with E-state index < -0.39 is 0 Å². The Balaban J connectivity index is 3.97. The molecule has 0 aromatic rings. The molecular formula is C14H29NO2. The van der Waals surface area contributed by atoms with E-state index >= 15 is 0 Å². The van der Waals surface area contributed by atoms with Crippen LogP contribution in [0.15, 0.2) is 0 Å². The molecule has 0 aliphatic rings. The standard InChI is InChI=1S/C14H29NO2/c1-7-14(6,8-10-15-12(2)16)17-11-9-13(3,4)5/h7-11H2,1-6H3,(H,15,16). The van der Waals surface area contributed by atoms with Crippen LogP contribution in [0.3, 0.4) is 0 Å². The minimum Gasteiger partial charge on any atom is -0.375 e. The van der Waals surface area contributed by atoms with Gasteiger partial charge in [0, 0.05) is 20.1 Å². The van der Waals surface area contributed by atoms with Gasteiger partial charge in [-0.05, 0) is 31.6 Å². The van der Waals surface area contributed by atoms with Crippen LogP contribution in [0, 0.1) is 5.41 Å². The lowest BCUT2D eigenvalue weighted by atomic mass is 9.92. The summed E-state index contributed by atoms with van der Waals surface area (Å²) in [5, 5.41) is 2.82. The highest BCUT2D eigenvalue weighted by atomic mass is 16.5. The summed E-state index contributed by atoms with van der Waals surface area (Å²) in [6.45, 7) is 13.9. The molecule has 3 nitrogen and oxygen atoms in total. The Bertz CT molecular complexity index is 233. The summed E-state index contributed by atoms with van der Waals surface area (Å²) in [4.78, 5) is 10.8. The SMILES string of the molecule is CCC(C)(CCNC(C)=O)OCCC(C)(C)C. The molecule has 0 saturated heterocycles. The fraction of sp³-hybridized carbons (Fsp3) is 0.929. The van der Waals surface area contributed by atoms with Crippen molar-refractivity contribution in [3.8, 4) is 0 Å². The average molecular weight is 243 g/mol. The van der Waals surface area contributed by atoms with Crippen molar-refractivity contribution in [3.63, 3.8) is 0 Å². The van der Waals surface area contributed by atoms with Crippen LogP contribution in [-0.4, -0.2) is 24.7 Å². The van der Waals surface area contributed by atoms with Crippen LogP contribution in [0.25, 0.3) is 0 Å². The van der Waals surface area contributed by atoms with Crippen molar-refractivity contribution in [2.75, 3.05) is 13.2 Å². The molecule has 3 heteroatoms. The number of amides is 1. The van der Waals surface area contributed by atoms with E-state index in [1.165, 1.54) is 0 Å². The fourth-order valence-corrected chi connectivity index (χ4v) is 1.46. The number of hydrogen-bond acceptors (Lipinski definition) is 2. The second-order valence-electron chi connectivity index (χ2n) is 6.20. The second kappa shape index (κ2) is 7.00. The Hall–Kier alpha value is -0.570. The maximum absolute atomic E-state index is 10.8. The van der Waals surface area contributed by atoms with Gasteiger partial charge in [0.25, 0.3) is 0 Å². The lowest BCUT2D eigenvalue weighted by Crippen LogP contribution is -2.34. The molecular weight excluding hydrogens is 214 g/mol. The van der Waals surface area contributed by atoms with Crippen molar-refractivity contribution >= 4 is 5.91 Å². The zero-order valence-electron chi connectivity index (χ0n) is 12.4. The van der Waals surface area contributed by atoms with Crippen LogP contribution in [-0.2, 0) is 9.53 Å². The minimum atomic E-state index is -0.117. The maximum atomic E-state index is 10.8. The van der Waals surface area contributed by atoms with Gasteiger partial charge in [0.15, 0.2) is 0 Å². The van der Waals surface area contributed by atoms with Crippen molar-refractivity contribution in [2.24, 2.45) is 5.41 Å². The molecule has 1 unspecified atom stereocenters. The van der Waals surface area contributed by atoms with Crippen molar-refractivity contribution in [1.29, 1.82) is 0 Å². The minimum absolute atomic E-state index is 0.0261. The van der Waals surface area contributed by atoms with Crippen LogP contribution in [0.1, 0.15) is 60.8 Å². The van der Waals surface area contributed by atoms with E-state index in [1.54, 1.807) is 6.92 Å². The molecule has 0 rings (SSSR count). The molecule has 1 N–H and O–H groups in total. The highest BCUT2D eigenvalue weighted by Crippen LogP contribution is 2.23. The molecule has 0 bridgehead atoms. The Morgan fingerprint density at radius 2 is 1.76 bits per heavy atom. The molecule has 0 spiro atoms. The van der Waals surface area contributed by atoms with Crippen molar-refractivity contribution in [1.82, 2.24) is 5.32 Å². The zero-order chi connectivity index (χ0) is 13.5. The van der Waals surface area contributed by atoms with E-state index in [0.29, 0.717) is 12.0 Å². The molecule has 0 aliphatic carbocycles. The van der Waals surface area contributed by atoms with Crippen molar-refractivity contribution in [3.05, 3.63) is 0 Å². The second-order valence-corrected chi connectivity index (χ2v) is 6.20. The van der Waals surface area contributed by atoms with E-state index in [2.05, 4.69) is 39.9 Å². The molecule has 1 amide bonds. The first-order valence-electron chi connectivity index (χ1n) is 6.57. The summed E-state index contributed by atoms with van der Waals surface area (Å²) in [5.74, 6) is 0.0261. The highest BCUT2D eigenvalue weighted by Gasteiger charge is 2.23. The normalized spacial score (nSPS) is 15.4. The first-order chi connectivity index (χ1) is 7.68. The van der Waals surface area contributed by atoms with E-state index in [4.69, 9.17) is 4.74 Å². The molecule has 0 fully saturated rings. The van der Waals surface area contributed by atoms with E-state index in [-0.39, 0.29) is 11.5 Å². The predicted molar refractivity (Wildman–Crippen MR) is 72.0 cm³/mol. The molecule has 0 aliphatic heterocycles. The Kier molecular flexibility index (Phi) is 6.76. The van der Waals surface area contributed by atoms with Gasteiger partial charge in [-0.2, -0.15) is 0 Å². The number of carbonyl (C=O) groups excluding carboxylic acids is 1. The van der Waals surface area contributed by atoms with Crippen LogP contribution in [0.5, 0.6) is 0 Å². The number of hydrogen-bond donors (Lipinski definition) is 1. The third-order valence-electron chi connectivity index (χ3n) is 3.08. The summed E-state index contributed by atoms with van der Waals surface area (Å²) in [6, 6.07) is 0. The summed E-state index contributed by atoms with van der Waals surface area (Å²) in [6.07, 6.45) is 2.90. The maximum Gasteiger partial charge on any atom is 0.216 e. The Labute approximate surface area is 106 Å². The number of ether oxygens (including phenoxy) is 1. The summed E-state index contributed by atoms with van der Waals surface area (Å²) in [5.41, 5.74) is 0.194. The van der Waals surface area contributed by atoms with E-state index in [1.807, 2.05) is 0 Å². The molecule has 0 radical (unpaired) electrons. The van der Waals surface area contributed by atoms with Crippen LogP contribution < -0.4 is 5.32 Å². The summed E-state index contributed by atoms with van der Waals surface area (Å²) >= 11 is 0. The monoisotopic (exact) mass is 243 g/mol. The lowest BCUT2D eigenvalue weighted by Gasteiger charge is -2.30. The van der Waals surface area contributed by atoms with Crippen LogP contribution in [0.4, 0.5) is 0 Å². The van der Waals surface area contributed by atoms with Gasteiger partial charge in [-0.1, -0.05) is 27.7 Å². The molecule has 0 aromatic heterocycles. The molecule has 0 heterocycles. The zero-order valence-corrected chi connectivity index (χ0v) is 12.4. The predicted octanol–water partition coefficient (Wildman–Crippen LogP) is 3.13. The highest BCUT2D eigenvalue weighted by molar-refractivity contribution is 5.72. The van der Waals surface area contributed by atoms with Crippen molar-refractivity contribution in [2.45, 2.75) is 66.4 Å². The first-order valence-corrected chi connectivity index (χ1v) is 6.57. The first kappa shape index (κ1) is 16.4. The molecule has 102 valence electrons. The Morgan fingerprint density at radius 3 is 2.18 bits per heavy atom. The quantitative estimate of drug-likeness (QED) is 0.746. The molecule has 0 saturated carbocycles. The summed E-state index contributed by atoms with van der Waals surface area (Å²) < 4.78 is 5.99. The molecule has 17 heavy (non-hydrogen) atoms. The lowest BCUT2D eigenvalue weighted by molar-refractivity contribution is -0.119. The number of nitrogens with one attached hydrogen (secondary N) is 1. The van der Waals surface area contributed by atoms with Gasteiger partial charge in [-0.3, -0.25) is 4.79 Å².